The van der Waals surface area contributed by atoms with E-state index in [1.165, 1.54) is 36.4 Å². The molecule has 3 atom stereocenters. The summed E-state index contributed by atoms with van der Waals surface area (Å²) in [6.45, 7) is 3.43. The molecule has 7 heteroatoms. The van der Waals surface area contributed by atoms with E-state index in [1.807, 2.05) is 13.0 Å². The summed E-state index contributed by atoms with van der Waals surface area (Å²) in [5.74, 6) is -2.29. The maximum Gasteiger partial charge on any atom is 0.328 e. The molecule has 3 unspecified atom stereocenters. The van der Waals surface area contributed by atoms with Gasteiger partial charge in [-0.15, -0.1) is 0 Å². The molecule has 1 aliphatic carbocycles. The van der Waals surface area contributed by atoms with E-state index in [9.17, 15) is 22.9 Å². The maximum atomic E-state index is 13.3. The number of carbonyl (C=O) groups is 1. The molecule has 0 spiro atoms. The fourth-order valence-electron chi connectivity index (χ4n) is 3.43. The second kappa shape index (κ2) is 6.78. The number of ether oxygens (including phenoxy) is 1. The molecule has 1 fully saturated rings. The third-order valence-corrected chi connectivity index (χ3v) is 7.09. The minimum Gasteiger partial charge on any atom is -0.465 e. The molecule has 1 saturated carbocycles. The standard InChI is InChI=1S/C20H18FNO4S/c1-3-26-19(23)20(12-22)17(14-6-8-15(21)9-7-14)18(20)27(24,25)16-10-4-13(2)5-11-16/h4-11,17-18H,3H2,1-2H3. The molecule has 0 N–H and O–H groups in total. The molecular formula is C20H18FNO4S. The number of halogens is 1. The van der Waals surface area contributed by atoms with Crippen LogP contribution in [0.2, 0.25) is 0 Å². The SMILES string of the molecule is CCOC(=O)C1(C#N)C(c2ccc(F)cc2)C1S(=O)(=O)c1ccc(C)cc1. The van der Waals surface area contributed by atoms with Gasteiger partial charge in [-0.3, -0.25) is 4.79 Å². The van der Waals surface area contributed by atoms with Gasteiger partial charge < -0.3 is 4.74 Å². The first-order valence-electron chi connectivity index (χ1n) is 8.43. The number of esters is 1. The summed E-state index contributed by atoms with van der Waals surface area (Å²) in [6, 6.07) is 13.3. The van der Waals surface area contributed by atoms with E-state index >= 15 is 0 Å². The van der Waals surface area contributed by atoms with Crippen LogP contribution in [0, 0.1) is 29.5 Å². The highest BCUT2D eigenvalue weighted by atomic mass is 32.2. The van der Waals surface area contributed by atoms with Gasteiger partial charge in [-0.25, -0.2) is 12.8 Å². The first-order valence-corrected chi connectivity index (χ1v) is 9.98. The van der Waals surface area contributed by atoms with Crippen molar-refractivity contribution >= 4 is 15.8 Å². The normalized spacial score (nSPS) is 24.1. The second-order valence-electron chi connectivity index (χ2n) is 6.51. The fraction of sp³-hybridized carbons (Fsp3) is 0.300. The first-order chi connectivity index (χ1) is 12.8. The third-order valence-electron chi connectivity index (χ3n) is 4.84. The highest BCUT2D eigenvalue weighted by molar-refractivity contribution is 7.92. The molecule has 5 nitrogen and oxygen atoms in total. The van der Waals surface area contributed by atoms with Crippen LogP contribution in [0.5, 0.6) is 0 Å². The summed E-state index contributed by atoms with van der Waals surface area (Å²) in [4.78, 5) is 12.6. The molecule has 1 aliphatic rings. The minimum atomic E-state index is -3.99. The van der Waals surface area contributed by atoms with Crippen LogP contribution >= 0.6 is 0 Å². The van der Waals surface area contributed by atoms with Crippen molar-refractivity contribution in [3.63, 3.8) is 0 Å². The molecule has 0 bridgehead atoms. The Labute approximate surface area is 157 Å². The Balaban J connectivity index is 2.12. The Hall–Kier alpha value is -2.72. The molecule has 0 aliphatic heterocycles. The van der Waals surface area contributed by atoms with Crippen molar-refractivity contribution < 1.29 is 22.3 Å². The molecule has 0 amide bonds. The highest BCUT2D eigenvalue weighted by Gasteiger charge is 2.77. The number of hydrogen-bond acceptors (Lipinski definition) is 5. The van der Waals surface area contributed by atoms with Gasteiger partial charge in [-0.2, -0.15) is 5.26 Å². The molecule has 2 aromatic carbocycles. The van der Waals surface area contributed by atoms with Crippen molar-refractivity contribution in [1.82, 2.24) is 0 Å². The molecular weight excluding hydrogens is 369 g/mol. The summed E-state index contributed by atoms with van der Waals surface area (Å²) in [6.07, 6.45) is 0. The average molecular weight is 387 g/mol. The van der Waals surface area contributed by atoms with Gasteiger partial charge in [0.05, 0.1) is 17.6 Å². The summed E-state index contributed by atoms with van der Waals surface area (Å²) in [5, 5.41) is 8.49. The molecule has 2 aromatic rings. The van der Waals surface area contributed by atoms with E-state index in [0.717, 1.165) is 5.56 Å². The molecule has 3 rings (SSSR count). The Bertz CT molecular complexity index is 1010. The third kappa shape index (κ3) is 3.00. The number of carbonyl (C=O) groups excluding carboxylic acids is 1. The van der Waals surface area contributed by atoms with Crippen molar-refractivity contribution in [3.8, 4) is 6.07 Å². The molecule has 0 aromatic heterocycles. The lowest BCUT2D eigenvalue weighted by Crippen LogP contribution is -2.25. The van der Waals surface area contributed by atoms with Gasteiger partial charge in [0.15, 0.2) is 15.3 Å². The summed E-state index contributed by atoms with van der Waals surface area (Å²) in [7, 11) is -3.99. The van der Waals surface area contributed by atoms with E-state index in [2.05, 4.69) is 0 Å². The molecule has 0 radical (unpaired) electrons. The minimum absolute atomic E-state index is 0.0235. The van der Waals surface area contributed by atoms with Gasteiger partial charge in [0.1, 0.15) is 11.1 Å². The van der Waals surface area contributed by atoms with Crippen LogP contribution in [-0.2, 0) is 19.4 Å². The van der Waals surface area contributed by atoms with Crippen LogP contribution in [0.15, 0.2) is 53.4 Å². The lowest BCUT2D eigenvalue weighted by Gasteiger charge is -2.09. The van der Waals surface area contributed by atoms with Crippen LogP contribution in [0.1, 0.15) is 24.0 Å². The maximum absolute atomic E-state index is 13.3. The zero-order chi connectivity index (χ0) is 19.8. The van der Waals surface area contributed by atoms with Crippen LogP contribution < -0.4 is 0 Å². The number of nitrogens with zero attached hydrogens (tertiary/aromatic N) is 1. The van der Waals surface area contributed by atoms with E-state index in [1.54, 1.807) is 19.1 Å². The average Bonchev–Trinajstić information content (AvgIpc) is 3.34. The van der Waals surface area contributed by atoms with Crippen molar-refractivity contribution in [2.24, 2.45) is 5.41 Å². The number of benzene rings is 2. The zero-order valence-electron chi connectivity index (χ0n) is 14.8. The zero-order valence-corrected chi connectivity index (χ0v) is 15.7. The second-order valence-corrected chi connectivity index (χ2v) is 8.58. The number of hydrogen-bond donors (Lipinski definition) is 0. The van der Waals surface area contributed by atoms with Gasteiger partial charge in [-0.05, 0) is 43.7 Å². The topological polar surface area (TPSA) is 84.2 Å². The monoisotopic (exact) mass is 387 g/mol. The molecule has 140 valence electrons. The fourth-order valence-corrected chi connectivity index (χ4v) is 5.68. The summed E-state index contributed by atoms with van der Waals surface area (Å²) < 4.78 is 44.7. The Morgan fingerprint density at radius 2 is 1.78 bits per heavy atom. The Kier molecular flexibility index (Phi) is 4.79. The van der Waals surface area contributed by atoms with Crippen LogP contribution in [-0.4, -0.2) is 26.2 Å². The van der Waals surface area contributed by atoms with E-state index < -0.39 is 38.2 Å². The quantitative estimate of drug-likeness (QED) is 0.736. The Morgan fingerprint density at radius 3 is 2.30 bits per heavy atom. The molecule has 0 heterocycles. The predicted molar refractivity (Wildman–Crippen MR) is 96.0 cm³/mol. The van der Waals surface area contributed by atoms with Crippen molar-refractivity contribution in [3.05, 3.63) is 65.5 Å². The highest BCUT2D eigenvalue weighted by Crippen LogP contribution is 2.64. The number of nitriles is 1. The Morgan fingerprint density at radius 1 is 1.19 bits per heavy atom. The number of aryl methyl sites for hydroxylation is 1. The van der Waals surface area contributed by atoms with Crippen molar-refractivity contribution in [2.45, 2.75) is 29.9 Å². The van der Waals surface area contributed by atoms with Crippen LogP contribution in [0.25, 0.3) is 0 Å². The summed E-state index contributed by atoms with van der Waals surface area (Å²) >= 11 is 0. The van der Waals surface area contributed by atoms with Gasteiger partial charge >= 0.3 is 5.97 Å². The predicted octanol–water partition coefficient (Wildman–Crippen LogP) is 3.15. The lowest BCUT2D eigenvalue weighted by atomic mass is 10.0. The first kappa shape index (κ1) is 19.1. The summed E-state index contributed by atoms with van der Waals surface area (Å²) in [5.41, 5.74) is -0.555. The van der Waals surface area contributed by atoms with Gasteiger partial charge in [0.2, 0.25) is 0 Å². The van der Waals surface area contributed by atoms with Crippen LogP contribution in [0.4, 0.5) is 4.39 Å². The van der Waals surface area contributed by atoms with Gasteiger partial charge in [-0.1, -0.05) is 29.8 Å². The lowest BCUT2D eigenvalue weighted by molar-refractivity contribution is -0.147. The molecule has 0 saturated heterocycles. The van der Waals surface area contributed by atoms with E-state index in [0.29, 0.717) is 5.56 Å². The number of rotatable bonds is 5. The smallest absolute Gasteiger partial charge is 0.328 e. The molecule has 27 heavy (non-hydrogen) atoms. The van der Waals surface area contributed by atoms with Crippen LogP contribution in [0.3, 0.4) is 0 Å². The van der Waals surface area contributed by atoms with Crippen molar-refractivity contribution in [2.75, 3.05) is 6.61 Å². The van der Waals surface area contributed by atoms with Crippen molar-refractivity contribution in [1.29, 1.82) is 5.26 Å². The van der Waals surface area contributed by atoms with Gasteiger partial charge in [0.25, 0.3) is 0 Å². The largest absolute Gasteiger partial charge is 0.465 e. The number of sulfone groups is 1. The van der Waals surface area contributed by atoms with Gasteiger partial charge in [0, 0.05) is 5.92 Å². The van der Waals surface area contributed by atoms with E-state index in [4.69, 9.17) is 4.74 Å². The van der Waals surface area contributed by atoms with E-state index in [-0.39, 0.29) is 11.5 Å².